The first-order valence-electron chi connectivity index (χ1n) is 7.43. The fourth-order valence-electron chi connectivity index (χ4n) is 3.50. The van der Waals surface area contributed by atoms with Gasteiger partial charge in [-0.25, -0.2) is 0 Å². The number of ketones is 1. The summed E-state index contributed by atoms with van der Waals surface area (Å²) in [4.78, 5) is 24.0. The average molecular weight is 298 g/mol. The molecule has 4 nitrogen and oxygen atoms in total. The lowest BCUT2D eigenvalue weighted by molar-refractivity contribution is -0.142. The van der Waals surface area contributed by atoms with E-state index >= 15 is 0 Å². The van der Waals surface area contributed by atoms with E-state index in [1.54, 1.807) is 7.11 Å². The minimum Gasteiger partial charge on any atom is -0.497 e. The predicted molar refractivity (Wildman–Crippen MR) is 83.6 cm³/mol. The SMILES string of the molecule is CCC1c2ccc3cc(OC)ccc3c2C(=O)CC1C(=O)O. The van der Waals surface area contributed by atoms with Crippen molar-refractivity contribution in [2.24, 2.45) is 5.92 Å². The van der Waals surface area contributed by atoms with Gasteiger partial charge in [0, 0.05) is 12.0 Å². The van der Waals surface area contributed by atoms with E-state index in [1.165, 1.54) is 0 Å². The number of fused-ring (bicyclic) bond motifs is 3. The molecule has 22 heavy (non-hydrogen) atoms. The Morgan fingerprint density at radius 2 is 2.09 bits per heavy atom. The van der Waals surface area contributed by atoms with Gasteiger partial charge in [0.15, 0.2) is 5.78 Å². The fraction of sp³-hybridized carbons (Fsp3) is 0.333. The van der Waals surface area contributed by atoms with Gasteiger partial charge in [0.1, 0.15) is 5.75 Å². The molecule has 0 fully saturated rings. The fourth-order valence-corrected chi connectivity index (χ4v) is 3.50. The summed E-state index contributed by atoms with van der Waals surface area (Å²) in [5.74, 6) is -0.966. The molecule has 1 aliphatic carbocycles. The van der Waals surface area contributed by atoms with Crippen molar-refractivity contribution in [3.05, 3.63) is 41.5 Å². The number of carboxylic acid groups (broad SMARTS) is 1. The van der Waals surface area contributed by atoms with Gasteiger partial charge in [0.25, 0.3) is 0 Å². The van der Waals surface area contributed by atoms with Crippen LogP contribution in [0.3, 0.4) is 0 Å². The lowest BCUT2D eigenvalue weighted by Gasteiger charge is -2.30. The Labute approximate surface area is 128 Å². The molecule has 114 valence electrons. The van der Waals surface area contributed by atoms with Crippen molar-refractivity contribution in [3.63, 3.8) is 0 Å². The standard InChI is InChI=1S/C18H18O4/c1-3-12-14-6-4-10-8-11(22-2)5-7-13(10)17(14)16(19)9-15(12)18(20)21/h4-8,12,15H,3,9H2,1-2H3,(H,20,21). The summed E-state index contributed by atoms with van der Waals surface area (Å²) in [5, 5.41) is 11.2. The van der Waals surface area contributed by atoms with Gasteiger partial charge in [0.2, 0.25) is 0 Å². The van der Waals surface area contributed by atoms with Crippen LogP contribution in [0.1, 0.15) is 41.6 Å². The summed E-state index contributed by atoms with van der Waals surface area (Å²) < 4.78 is 5.22. The highest BCUT2D eigenvalue weighted by Crippen LogP contribution is 2.41. The highest BCUT2D eigenvalue weighted by Gasteiger charge is 2.38. The summed E-state index contributed by atoms with van der Waals surface area (Å²) in [6, 6.07) is 9.46. The number of aliphatic carboxylic acids is 1. The maximum absolute atomic E-state index is 12.5. The lowest BCUT2D eigenvalue weighted by Crippen LogP contribution is -2.30. The van der Waals surface area contributed by atoms with E-state index in [-0.39, 0.29) is 18.1 Å². The van der Waals surface area contributed by atoms with E-state index < -0.39 is 11.9 Å². The van der Waals surface area contributed by atoms with E-state index in [9.17, 15) is 14.7 Å². The van der Waals surface area contributed by atoms with Crippen LogP contribution in [0, 0.1) is 5.92 Å². The molecule has 3 rings (SSSR count). The van der Waals surface area contributed by atoms with Gasteiger partial charge < -0.3 is 9.84 Å². The van der Waals surface area contributed by atoms with Gasteiger partial charge in [-0.2, -0.15) is 0 Å². The van der Waals surface area contributed by atoms with Crippen molar-refractivity contribution in [1.29, 1.82) is 0 Å². The van der Waals surface area contributed by atoms with Crippen LogP contribution in [-0.2, 0) is 4.79 Å². The lowest BCUT2D eigenvalue weighted by atomic mass is 9.72. The number of carboxylic acids is 1. The van der Waals surface area contributed by atoms with Crippen LogP contribution in [0.15, 0.2) is 30.3 Å². The molecule has 0 saturated heterocycles. The molecule has 0 aromatic heterocycles. The molecular formula is C18H18O4. The minimum atomic E-state index is -0.888. The maximum Gasteiger partial charge on any atom is 0.307 e. The van der Waals surface area contributed by atoms with Gasteiger partial charge in [-0.1, -0.05) is 19.1 Å². The second kappa shape index (κ2) is 5.44. The zero-order valence-corrected chi connectivity index (χ0v) is 12.6. The molecule has 0 radical (unpaired) electrons. The highest BCUT2D eigenvalue weighted by molar-refractivity contribution is 6.11. The maximum atomic E-state index is 12.5. The van der Waals surface area contributed by atoms with E-state index in [0.717, 1.165) is 22.1 Å². The van der Waals surface area contributed by atoms with Crippen LogP contribution in [0.4, 0.5) is 0 Å². The van der Waals surface area contributed by atoms with Crippen LogP contribution >= 0.6 is 0 Å². The highest BCUT2D eigenvalue weighted by atomic mass is 16.5. The van der Waals surface area contributed by atoms with Crippen LogP contribution in [0.2, 0.25) is 0 Å². The number of hydrogen-bond donors (Lipinski definition) is 1. The summed E-state index contributed by atoms with van der Waals surface area (Å²) in [6.07, 6.45) is 0.783. The normalized spacial score (nSPS) is 20.7. The third-order valence-corrected chi connectivity index (χ3v) is 4.59. The number of rotatable bonds is 3. The predicted octanol–water partition coefficient (Wildman–Crippen LogP) is 3.63. The topological polar surface area (TPSA) is 63.6 Å². The molecule has 1 aliphatic rings. The quantitative estimate of drug-likeness (QED) is 0.939. The second-order valence-corrected chi connectivity index (χ2v) is 5.70. The third-order valence-electron chi connectivity index (χ3n) is 4.59. The molecule has 2 unspecified atom stereocenters. The first-order chi connectivity index (χ1) is 10.6. The zero-order chi connectivity index (χ0) is 15.9. The third kappa shape index (κ3) is 2.15. The van der Waals surface area contributed by atoms with Crippen molar-refractivity contribution in [2.75, 3.05) is 7.11 Å². The van der Waals surface area contributed by atoms with E-state index in [2.05, 4.69) is 0 Å². The number of carbonyl (C=O) groups excluding carboxylic acids is 1. The molecule has 0 saturated carbocycles. The van der Waals surface area contributed by atoms with Gasteiger partial charge in [-0.05, 0) is 46.9 Å². The van der Waals surface area contributed by atoms with Crippen molar-refractivity contribution < 1.29 is 19.4 Å². The molecule has 0 amide bonds. The number of methoxy groups -OCH3 is 1. The average Bonchev–Trinajstić information content (AvgIpc) is 2.53. The Kier molecular flexibility index (Phi) is 3.61. The Morgan fingerprint density at radius 3 is 2.73 bits per heavy atom. The van der Waals surface area contributed by atoms with Crippen LogP contribution in [0.25, 0.3) is 10.8 Å². The molecule has 0 spiro atoms. The summed E-state index contributed by atoms with van der Waals surface area (Å²) >= 11 is 0. The molecule has 1 N–H and O–H groups in total. The molecule has 2 atom stereocenters. The summed E-state index contributed by atoms with van der Waals surface area (Å²) in [5.41, 5.74) is 1.55. The number of hydrogen-bond acceptors (Lipinski definition) is 3. The minimum absolute atomic E-state index is 0.0754. The van der Waals surface area contributed by atoms with Crippen LogP contribution < -0.4 is 4.74 Å². The number of carbonyl (C=O) groups is 2. The molecule has 0 bridgehead atoms. The molecule has 4 heteroatoms. The van der Waals surface area contributed by atoms with Crippen molar-refractivity contribution >= 4 is 22.5 Å². The van der Waals surface area contributed by atoms with Crippen LogP contribution in [0.5, 0.6) is 5.75 Å². The molecule has 0 heterocycles. The molecular weight excluding hydrogens is 280 g/mol. The van der Waals surface area contributed by atoms with Crippen molar-refractivity contribution in [2.45, 2.75) is 25.7 Å². The molecule has 0 aliphatic heterocycles. The first kappa shape index (κ1) is 14.6. The van der Waals surface area contributed by atoms with Gasteiger partial charge in [-0.3, -0.25) is 9.59 Å². The molecule has 2 aromatic carbocycles. The number of Topliss-reactive ketones (excluding diaryl/α,β-unsaturated/α-hetero) is 1. The Balaban J connectivity index is 2.23. The Morgan fingerprint density at radius 1 is 1.32 bits per heavy atom. The monoisotopic (exact) mass is 298 g/mol. The Hall–Kier alpha value is -2.36. The van der Waals surface area contributed by atoms with Crippen molar-refractivity contribution in [1.82, 2.24) is 0 Å². The van der Waals surface area contributed by atoms with E-state index in [1.807, 2.05) is 37.3 Å². The number of benzene rings is 2. The summed E-state index contributed by atoms with van der Waals surface area (Å²) in [7, 11) is 1.61. The van der Waals surface area contributed by atoms with Gasteiger partial charge >= 0.3 is 5.97 Å². The van der Waals surface area contributed by atoms with Gasteiger partial charge in [0.05, 0.1) is 13.0 Å². The number of ether oxygens (including phenoxy) is 1. The smallest absolute Gasteiger partial charge is 0.307 e. The zero-order valence-electron chi connectivity index (χ0n) is 12.6. The van der Waals surface area contributed by atoms with E-state index in [4.69, 9.17) is 4.74 Å². The van der Waals surface area contributed by atoms with E-state index in [0.29, 0.717) is 12.0 Å². The second-order valence-electron chi connectivity index (χ2n) is 5.70. The Bertz CT molecular complexity index is 763. The summed E-state index contributed by atoms with van der Waals surface area (Å²) in [6.45, 7) is 1.97. The molecule has 2 aromatic rings. The van der Waals surface area contributed by atoms with Crippen molar-refractivity contribution in [3.8, 4) is 5.75 Å². The van der Waals surface area contributed by atoms with Gasteiger partial charge in [-0.15, -0.1) is 0 Å². The largest absolute Gasteiger partial charge is 0.497 e. The first-order valence-corrected chi connectivity index (χ1v) is 7.43. The van der Waals surface area contributed by atoms with Crippen LogP contribution in [-0.4, -0.2) is 24.0 Å².